The van der Waals surface area contributed by atoms with Crippen molar-refractivity contribution in [2.45, 2.75) is 26.2 Å². The van der Waals surface area contributed by atoms with Gasteiger partial charge in [-0.15, -0.1) is 0 Å². The number of ether oxygens (including phenoxy) is 2. The van der Waals surface area contributed by atoms with Crippen molar-refractivity contribution in [1.29, 1.82) is 0 Å². The molecule has 2 aromatic carbocycles. The highest BCUT2D eigenvalue weighted by Crippen LogP contribution is 2.25. The molecule has 0 bridgehead atoms. The molecule has 0 aromatic heterocycles. The maximum absolute atomic E-state index is 5.71. The first-order valence-electron chi connectivity index (χ1n) is 8.62. The van der Waals surface area contributed by atoms with E-state index in [0.717, 1.165) is 23.6 Å². The monoisotopic (exact) mass is 358 g/mol. The van der Waals surface area contributed by atoms with Gasteiger partial charge in [-0.3, -0.25) is 0 Å². The number of methoxy groups -OCH3 is 1. The van der Waals surface area contributed by atoms with E-state index >= 15 is 0 Å². The number of hydrogen-bond donors (Lipinski definition) is 2. The molecule has 5 heteroatoms. The molecule has 0 aliphatic rings. The van der Waals surface area contributed by atoms with Gasteiger partial charge in [0.05, 0.1) is 13.7 Å². The Balaban J connectivity index is 1.70. The van der Waals surface area contributed by atoms with E-state index < -0.39 is 0 Å². The topological polar surface area (TPSA) is 42.5 Å². The standard InChI is InChI=1S/C20H26N2O2S/c1-3-4-7-16-10-12-17(13-11-16)22-20(25)21-14-15-24-19-9-6-5-8-18(19)23-2/h5-6,8-13H,3-4,7,14-15H2,1-2H3,(H2,21,22,25). The SMILES string of the molecule is CCCCc1ccc(NC(=S)NCCOc2ccccc2OC)cc1. The number of anilines is 1. The van der Waals surface area contributed by atoms with Crippen LogP contribution < -0.4 is 20.1 Å². The van der Waals surface area contributed by atoms with Crippen LogP contribution in [-0.4, -0.2) is 25.4 Å². The van der Waals surface area contributed by atoms with Crippen LogP contribution in [0, 0.1) is 0 Å². The second-order valence-electron chi connectivity index (χ2n) is 5.68. The van der Waals surface area contributed by atoms with Crippen LogP contribution in [0.5, 0.6) is 11.5 Å². The van der Waals surface area contributed by atoms with Crippen LogP contribution in [0.15, 0.2) is 48.5 Å². The Kier molecular flexibility index (Phi) is 8.05. The number of unbranched alkanes of at least 4 members (excludes halogenated alkanes) is 1. The van der Waals surface area contributed by atoms with E-state index in [1.54, 1.807) is 7.11 Å². The fourth-order valence-corrected chi connectivity index (χ4v) is 2.59. The number of aryl methyl sites for hydroxylation is 1. The Morgan fingerprint density at radius 1 is 1.04 bits per heavy atom. The summed E-state index contributed by atoms with van der Waals surface area (Å²) in [6, 6.07) is 16.0. The van der Waals surface area contributed by atoms with E-state index in [1.165, 1.54) is 18.4 Å². The van der Waals surface area contributed by atoms with Crippen LogP contribution in [0.25, 0.3) is 0 Å². The van der Waals surface area contributed by atoms with Gasteiger partial charge in [0.15, 0.2) is 16.6 Å². The first-order chi connectivity index (χ1) is 12.2. The Morgan fingerprint density at radius 3 is 2.44 bits per heavy atom. The highest BCUT2D eigenvalue weighted by atomic mass is 32.1. The Morgan fingerprint density at radius 2 is 1.76 bits per heavy atom. The number of para-hydroxylation sites is 2. The van der Waals surface area contributed by atoms with E-state index in [1.807, 2.05) is 24.3 Å². The van der Waals surface area contributed by atoms with E-state index in [2.05, 4.69) is 41.8 Å². The third kappa shape index (κ3) is 6.63. The maximum atomic E-state index is 5.71. The zero-order valence-electron chi connectivity index (χ0n) is 14.9. The fourth-order valence-electron chi connectivity index (χ4n) is 2.37. The molecule has 0 aliphatic carbocycles. The van der Waals surface area contributed by atoms with Crippen molar-refractivity contribution in [2.75, 3.05) is 25.6 Å². The summed E-state index contributed by atoms with van der Waals surface area (Å²) < 4.78 is 11.0. The molecule has 0 saturated carbocycles. The third-order valence-electron chi connectivity index (χ3n) is 3.75. The Hall–Kier alpha value is -2.27. The van der Waals surface area contributed by atoms with Crippen LogP contribution in [-0.2, 0) is 6.42 Å². The van der Waals surface area contributed by atoms with Gasteiger partial charge in [-0.25, -0.2) is 0 Å². The second kappa shape index (κ2) is 10.6. The summed E-state index contributed by atoms with van der Waals surface area (Å²) in [5.41, 5.74) is 2.35. The van der Waals surface area contributed by atoms with Gasteiger partial charge in [0.1, 0.15) is 6.61 Å². The smallest absolute Gasteiger partial charge is 0.170 e. The minimum atomic E-state index is 0.498. The molecule has 0 unspecified atom stereocenters. The van der Waals surface area contributed by atoms with Gasteiger partial charge in [-0.2, -0.15) is 0 Å². The molecule has 0 heterocycles. The molecule has 2 N–H and O–H groups in total. The van der Waals surface area contributed by atoms with Crippen molar-refractivity contribution < 1.29 is 9.47 Å². The van der Waals surface area contributed by atoms with Gasteiger partial charge in [-0.05, 0) is 54.9 Å². The minimum Gasteiger partial charge on any atom is -0.493 e. The first-order valence-corrected chi connectivity index (χ1v) is 9.03. The molecule has 2 rings (SSSR count). The fraction of sp³-hybridized carbons (Fsp3) is 0.350. The van der Waals surface area contributed by atoms with Crippen molar-refractivity contribution in [3.63, 3.8) is 0 Å². The molecule has 4 nitrogen and oxygen atoms in total. The maximum Gasteiger partial charge on any atom is 0.170 e. The largest absolute Gasteiger partial charge is 0.493 e. The lowest BCUT2D eigenvalue weighted by Gasteiger charge is -2.13. The van der Waals surface area contributed by atoms with Crippen LogP contribution >= 0.6 is 12.2 Å². The Labute approximate surface area is 155 Å². The lowest BCUT2D eigenvalue weighted by atomic mass is 10.1. The van der Waals surface area contributed by atoms with Crippen molar-refractivity contribution in [1.82, 2.24) is 5.32 Å². The molecule has 0 saturated heterocycles. The van der Waals surface area contributed by atoms with E-state index in [9.17, 15) is 0 Å². The van der Waals surface area contributed by atoms with Crippen LogP contribution in [0.3, 0.4) is 0 Å². The van der Waals surface area contributed by atoms with Gasteiger partial charge < -0.3 is 20.1 Å². The molecule has 0 fully saturated rings. The molecular formula is C20H26N2O2S. The van der Waals surface area contributed by atoms with Gasteiger partial charge in [-0.1, -0.05) is 37.6 Å². The van der Waals surface area contributed by atoms with Gasteiger partial charge in [0.2, 0.25) is 0 Å². The van der Waals surface area contributed by atoms with Crippen molar-refractivity contribution in [3.8, 4) is 11.5 Å². The normalized spacial score (nSPS) is 10.2. The van der Waals surface area contributed by atoms with Crippen molar-refractivity contribution in [2.24, 2.45) is 0 Å². The third-order valence-corrected chi connectivity index (χ3v) is 3.99. The Bertz CT molecular complexity index is 659. The average Bonchev–Trinajstić information content (AvgIpc) is 2.65. The number of hydrogen-bond acceptors (Lipinski definition) is 3. The summed E-state index contributed by atoms with van der Waals surface area (Å²) in [4.78, 5) is 0. The number of nitrogens with one attached hydrogen (secondary N) is 2. The summed E-state index contributed by atoms with van der Waals surface area (Å²) in [5, 5.41) is 6.92. The number of benzene rings is 2. The summed E-state index contributed by atoms with van der Waals surface area (Å²) in [6.07, 6.45) is 3.56. The summed E-state index contributed by atoms with van der Waals surface area (Å²) in [7, 11) is 1.63. The number of rotatable bonds is 9. The number of thiocarbonyl (C=S) groups is 1. The zero-order valence-corrected chi connectivity index (χ0v) is 15.7. The van der Waals surface area contributed by atoms with Gasteiger partial charge >= 0.3 is 0 Å². The minimum absolute atomic E-state index is 0.498. The van der Waals surface area contributed by atoms with E-state index in [4.69, 9.17) is 21.7 Å². The lowest BCUT2D eigenvalue weighted by Crippen LogP contribution is -2.31. The van der Waals surface area contributed by atoms with Crippen LogP contribution in [0.1, 0.15) is 25.3 Å². The molecule has 0 atom stereocenters. The van der Waals surface area contributed by atoms with E-state index in [0.29, 0.717) is 18.3 Å². The quantitative estimate of drug-likeness (QED) is 0.514. The molecule has 0 amide bonds. The summed E-state index contributed by atoms with van der Waals surface area (Å²) in [6.45, 7) is 3.31. The molecule has 0 spiro atoms. The second-order valence-corrected chi connectivity index (χ2v) is 6.09. The predicted molar refractivity (Wildman–Crippen MR) is 108 cm³/mol. The van der Waals surface area contributed by atoms with Crippen molar-refractivity contribution >= 4 is 23.0 Å². The highest BCUT2D eigenvalue weighted by molar-refractivity contribution is 7.80. The first kappa shape index (κ1) is 19.1. The average molecular weight is 359 g/mol. The molecule has 0 radical (unpaired) electrons. The molecular weight excluding hydrogens is 332 g/mol. The van der Waals surface area contributed by atoms with Crippen molar-refractivity contribution in [3.05, 3.63) is 54.1 Å². The zero-order chi connectivity index (χ0) is 17.9. The molecule has 2 aromatic rings. The van der Waals surface area contributed by atoms with Gasteiger partial charge in [0, 0.05) is 5.69 Å². The molecule has 25 heavy (non-hydrogen) atoms. The highest BCUT2D eigenvalue weighted by Gasteiger charge is 2.02. The predicted octanol–water partition coefficient (Wildman–Crippen LogP) is 4.40. The van der Waals surface area contributed by atoms with E-state index in [-0.39, 0.29) is 0 Å². The van der Waals surface area contributed by atoms with Crippen LogP contribution in [0.4, 0.5) is 5.69 Å². The molecule has 134 valence electrons. The molecule has 0 aliphatic heterocycles. The van der Waals surface area contributed by atoms with Gasteiger partial charge in [0.25, 0.3) is 0 Å². The lowest BCUT2D eigenvalue weighted by molar-refractivity contribution is 0.298. The van der Waals surface area contributed by atoms with Crippen LogP contribution in [0.2, 0.25) is 0 Å². The summed E-state index contributed by atoms with van der Waals surface area (Å²) >= 11 is 5.32. The summed E-state index contributed by atoms with van der Waals surface area (Å²) in [5.74, 6) is 1.46.